The lowest BCUT2D eigenvalue weighted by Crippen LogP contribution is -2.38. The third-order valence-electron chi connectivity index (χ3n) is 4.35. The standard InChI is InChI=1S/C22H24N4O5/c1-14-4-3-5-17(10-14)24-20(27)13-31-18-9-6-15(11-19(18)30-2)12-23-26-22(29)21(28)25-16-7-8-16/h3-6,9-12,16H,7-8,13H2,1-2H3,(H,24,27)(H,25,28)(H,26,29)/b23-12-. The third-order valence-corrected chi connectivity index (χ3v) is 4.35. The second-order valence-electron chi connectivity index (χ2n) is 7.06. The van der Waals surface area contributed by atoms with Crippen LogP contribution in [0.25, 0.3) is 0 Å². The number of amides is 3. The molecule has 0 spiro atoms. The first kappa shape index (κ1) is 21.8. The van der Waals surface area contributed by atoms with Crippen molar-refractivity contribution in [3.63, 3.8) is 0 Å². The topological polar surface area (TPSA) is 118 Å². The van der Waals surface area contributed by atoms with Crippen LogP contribution in [0.15, 0.2) is 47.6 Å². The number of hydrogen-bond donors (Lipinski definition) is 3. The van der Waals surface area contributed by atoms with Gasteiger partial charge in [-0.1, -0.05) is 12.1 Å². The molecule has 3 N–H and O–H groups in total. The molecule has 9 heteroatoms. The fraction of sp³-hybridized carbons (Fsp3) is 0.273. The molecule has 1 fully saturated rings. The normalized spacial score (nSPS) is 12.8. The number of hydrogen-bond acceptors (Lipinski definition) is 6. The van der Waals surface area contributed by atoms with Gasteiger partial charge in [-0.05, 0) is 61.2 Å². The zero-order valence-electron chi connectivity index (χ0n) is 17.3. The SMILES string of the molecule is COc1cc(/C=N\NC(=O)C(=O)NC2CC2)ccc1OCC(=O)Nc1cccc(C)c1. The van der Waals surface area contributed by atoms with Crippen molar-refractivity contribution in [1.82, 2.24) is 10.7 Å². The summed E-state index contributed by atoms with van der Waals surface area (Å²) in [4.78, 5) is 35.4. The Morgan fingerprint density at radius 3 is 2.61 bits per heavy atom. The van der Waals surface area contributed by atoms with Gasteiger partial charge in [0, 0.05) is 11.7 Å². The Morgan fingerprint density at radius 2 is 1.90 bits per heavy atom. The van der Waals surface area contributed by atoms with E-state index in [1.54, 1.807) is 24.3 Å². The highest BCUT2D eigenvalue weighted by Crippen LogP contribution is 2.27. The van der Waals surface area contributed by atoms with Crippen molar-refractivity contribution < 1.29 is 23.9 Å². The first-order valence-electron chi connectivity index (χ1n) is 9.76. The van der Waals surface area contributed by atoms with Crippen molar-refractivity contribution in [3.05, 3.63) is 53.6 Å². The van der Waals surface area contributed by atoms with Crippen molar-refractivity contribution >= 4 is 29.6 Å². The van der Waals surface area contributed by atoms with Gasteiger partial charge in [-0.3, -0.25) is 14.4 Å². The number of hydrazone groups is 1. The summed E-state index contributed by atoms with van der Waals surface area (Å²) in [7, 11) is 1.47. The van der Waals surface area contributed by atoms with Gasteiger partial charge in [-0.2, -0.15) is 5.10 Å². The molecule has 1 saturated carbocycles. The molecule has 0 radical (unpaired) electrons. The van der Waals surface area contributed by atoms with E-state index in [4.69, 9.17) is 9.47 Å². The fourth-order valence-electron chi connectivity index (χ4n) is 2.64. The van der Waals surface area contributed by atoms with Gasteiger partial charge in [0.2, 0.25) is 0 Å². The average Bonchev–Trinajstić information content (AvgIpc) is 3.56. The summed E-state index contributed by atoms with van der Waals surface area (Å²) in [6.07, 6.45) is 3.16. The van der Waals surface area contributed by atoms with E-state index in [0.29, 0.717) is 22.7 Å². The summed E-state index contributed by atoms with van der Waals surface area (Å²) in [6.45, 7) is 1.75. The largest absolute Gasteiger partial charge is 0.493 e. The van der Waals surface area contributed by atoms with E-state index in [1.807, 2.05) is 25.1 Å². The van der Waals surface area contributed by atoms with Gasteiger partial charge in [-0.15, -0.1) is 0 Å². The molecule has 3 amide bonds. The highest BCUT2D eigenvalue weighted by Gasteiger charge is 2.26. The Bertz CT molecular complexity index is 1000. The third kappa shape index (κ3) is 6.84. The number of aryl methyl sites for hydroxylation is 1. The molecule has 0 atom stereocenters. The zero-order chi connectivity index (χ0) is 22.2. The molecular formula is C22H24N4O5. The number of rotatable bonds is 8. The fourth-order valence-corrected chi connectivity index (χ4v) is 2.64. The molecule has 31 heavy (non-hydrogen) atoms. The van der Waals surface area contributed by atoms with Gasteiger partial charge in [0.1, 0.15) is 0 Å². The van der Waals surface area contributed by atoms with Crippen molar-refractivity contribution in [2.75, 3.05) is 19.0 Å². The lowest BCUT2D eigenvalue weighted by atomic mass is 10.2. The molecule has 0 heterocycles. The molecule has 3 rings (SSSR count). The lowest BCUT2D eigenvalue weighted by molar-refractivity contribution is -0.139. The molecule has 2 aromatic carbocycles. The van der Waals surface area contributed by atoms with Gasteiger partial charge in [0.05, 0.1) is 13.3 Å². The maximum absolute atomic E-state index is 12.1. The maximum atomic E-state index is 12.1. The number of methoxy groups -OCH3 is 1. The maximum Gasteiger partial charge on any atom is 0.329 e. The number of nitrogens with one attached hydrogen (secondary N) is 3. The van der Waals surface area contributed by atoms with Gasteiger partial charge in [0.15, 0.2) is 18.1 Å². The van der Waals surface area contributed by atoms with E-state index in [1.165, 1.54) is 13.3 Å². The van der Waals surface area contributed by atoms with E-state index in [9.17, 15) is 14.4 Å². The van der Waals surface area contributed by atoms with Crippen LogP contribution in [0.5, 0.6) is 11.5 Å². The van der Waals surface area contributed by atoms with Crippen LogP contribution in [0.3, 0.4) is 0 Å². The minimum Gasteiger partial charge on any atom is -0.493 e. The van der Waals surface area contributed by atoms with E-state index in [-0.39, 0.29) is 18.6 Å². The van der Waals surface area contributed by atoms with Gasteiger partial charge >= 0.3 is 11.8 Å². The van der Waals surface area contributed by atoms with E-state index in [0.717, 1.165) is 18.4 Å². The first-order valence-corrected chi connectivity index (χ1v) is 9.76. The number of benzene rings is 2. The lowest BCUT2D eigenvalue weighted by Gasteiger charge is -2.11. The van der Waals surface area contributed by atoms with Crippen LogP contribution in [-0.2, 0) is 14.4 Å². The Kier molecular flexibility index (Phi) is 7.21. The van der Waals surface area contributed by atoms with Crippen molar-refractivity contribution in [2.45, 2.75) is 25.8 Å². The number of nitrogens with zero attached hydrogens (tertiary/aromatic N) is 1. The monoisotopic (exact) mass is 424 g/mol. The molecule has 0 saturated heterocycles. The molecule has 1 aliphatic rings. The number of carbonyl (C=O) groups is 3. The number of carbonyl (C=O) groups excluding carboxylic acids is 3. The van der Waals surface area contributed by atoms with Crippen LogP contribution in [0.4, 0.5) is 5.69 Å². The van der Waals surface area contributed by atoms with E-state index >= 15 is 0 Å². The summed E-state index contributed by atoms with van der Waals surface area (Å²) < 4.78 is 10.9. The summed E-state index contributed by atoms with van der Waals surface area (Å²) in [5, 5.41) is 9.12. The second-order valence-corrected chi connectivity index (χ2v) is 7.06. The van der Waals surface area contributed by atoms with Crippen LogP contribution in [0.1, 0.15) is 24.0 Å². The molecule has 162 valence electrons. The molecule has 0 aliphatic heterocycles. The van der Waals surface area contributed by atoms with Crippen molar-refractivity contribution in [2.24, 2.45) is 5.10 Å². The molecule has 1 aliphatic carbocycles. The second kappa shape index (κ2) is 10.2. The smallest absolute Gasteiger partial charge is 0.329 e. The Labute approximate surface area is 179 Å². The molecule has 0 bridgehead atoms. The summed E-state index contributed by atoms with van der Waals surface area (Å²) >= 11 is 0. The summed E-state index contributed by atoms with van der Waals surface area (Å²) in [6, 6.07) is 12.5. The van der Waals surface area contributed by atoms with Crippen molar-refractivity contribution in [1.29, 1.82) is 0 Å². The van der Waals surface area contributed by atoms with Crippen LogP contribution in [0.2, 0.25) is 0 Å². The van der Waals surface area contributed by atoms with Gasteiger partial charge < -0.3 is 20.1 Å². The Balaban J connectivity index is 1.52. The quantitative estimate of drug-likeness (QED) is 0.339. The highest BCUT2D eigenvalue weighted by molar-refractivity contribution is 6.35. The molecule has 0 aromatic heterocycles. The van der Waals surface area contributed by atoms with E-state index < -0.39 is 11.8 Å². The van der Waals surface area contributed by atoms with Crippen LogP contribution >= 0.6 is 0 Å². The Morgan fingerprint density at radius 1 is 1.10 bits per heavy atom. The van der Waals surface area contributed by atoms with Crippen LogP contribution in [0, 0.1) is 6.92 Å². The predicted octanol–water partition coefficient (Wildman–Crippen LogP) is 1.75. The van der Waals surface area contributed by atoms with Crippen LogP contribution in [-0.4, -0.2) is 43.7 Å². The number of anilines is 1. The molecular weight excluding hydrogens is 400 g/mol. The minimum atomic E-state index is -0.824. The zero-order valence-corrected chi connectivity index (χ0v) is 17.3. The van der Waals surface area contributed by atoms with Crippen LogP contribution < -0.4 is 25.5 Å². The molecule has 2 aromatic rings. The molecule has 0 unspecified atom stereocenters. The minimum absolute atomic E-state index is 0.0953. The van der Waals surface area contributed by atoms with Crippen molar-refractivity contribution in [3.8, 4) is 11.5 Å². The summed E-state index contributed by atoms with van der Waals surface area (Å²) in [5.41, 5.74) is 4.52. The average molecular weight is 424 g/mol. The number of ether oxygens (including phenoxy) is 2. The molecule has 9 nitrogen and oxygen atoms in total. The first-order chi connectivity index (χ1) is 14.9. The van der Waals surface area contributed by atoms with Gasteiger partial charge in [0.25, 0.3) is 5.91 Å². The summed E-state index contributed by atoms with van der Waals surface area (Å²) in [5.74, 6) is -1.05. The predicted molar refractivity (Wildman–Crippen MR) is 115 cm³/mol. The van der Waals surface area contributed by atoms with Gasteiger partial charge in [-0.25, -0.2) is 5.43 Å². The highest BCUT2D eigenvalue weighted by atomic mass is 16.5. The Hall–Kier alpha value is -3.88. The van der Waals surface area contributed by atoms with E-state index in [2.05, 4.69) is 21.2 Å².